The molecule has 0 aliphatic heterocycles. The molecular weight excluding hydrogens is 128 g/mol. The molecule has 2 nitrogen and oxygen atoms in total. The highest BCUT2D eigenvalue weighted by Crippen LogP contribution is 2.18. The van der Waals surface area contributed by atoms with E-state index in [4.69, 9.17) is 5.11 Å². The highest BCUT2D eigenvalue weighted by atomic mass is 16.4. The summed E-state index contributed by atoms with van der Waals surface area (Å²) in [5.41, 5.74) is 0. The van der Waals surface area contributed by atoms with Gasteiger partial charge in [0.25, 0.3) is 0 Å². The average molecular weight is 144 g/mol. The zero-order valence-electron chi connectivity index (χ0n) is 6.92. The van der Waals surface area contributed by atoms with E-state index < -0.39 is 5.97 Å². The van der Waals surface area contributed by atoms with Gasteiger partial charge in [-0.25, -0.2) is 0 Å². The zero-order valence-corrected chi connectivity index (χ0v) is 6.92. The lowest BCUT2D eigenvalue weighted by Crippen LogP contribution is -2.12. The second-order valence-electron chi connectivity index (χ2n) is 3.01. The minimum Gasteiger partial charge on any atom is -0.481 e. The van der Waals surface area contributed by atoms with Crippen LogP contribution in [0.3, 0.4) is 0 Å². The highest BCUT2D eigenvalue weighted by Gasteiger charge is 2.13. The molecule has 0 fully saturated rings. The van der Waals surface area contributed by atoms with Gasteiger partial charge < -0.3 is 5.11 Å². The molecule has 0 aromatic rings. The second-order valence-corrected chi connectivity index (χ2v) is 3.01. The van der Waals surface area contributed by atoms with Gasteiger partial charge in [0.1, 0.15) is 0 Å². The molecule has 0 spiro atoms. The Bertz CT molecular complexity index is 108. The molecule has 10 heavy (non-hydrogen) atoms. The third-order valence-corrected chi connectivity index (χ3v) is 1.90. The van der Waals surface area contributed by atoms with Crippen molar-refractivity contribution in [1.29, 1.82) is 0 Å². The summed E-state index contributed by atoms with van der Waals surface area (Å²) in [4.78, 5) is 10.3. The van der Waals surface area contributed by atoms with Crippen LogP contribution in [0.1, 0.15) is 33.6 Å². The van der Waals surface area contributed by atoms with E-state index in [1.54, 1.807) is 0 Å². The summed E-state index contributed by atoms with van der Waals surface area (Å²) in [5, 5.41) is 8.46. The minimum atomic E-state index is -0.680. The van der Waals surface area contributed by atoms with Gasteiger partial charge in [-0.15, -0.1) is 0 Å². The Labute approximate surface area is 62.2 Å². The fraction of sp³-hybridized carbons (Fsp3) is 0.875. The lowest BCUT2D eigenvalue weighted by Gasteiger charge is -2.15. The molecule has 0 saturated carbocycles. The maximum Gasteiger partial charge on any atom is 0.303 e. The van der Waals surface area contributed by atoms with E-state index in [0.29, 0.717) is 18.3 Å². The van der Waals surface area contributed by atoms with Crippen molar-refractivity contribution in [3.8, 4) is 0 Å². The van der Waals surface area contributed by atoms with Gasteiger partial charge in [-0.05, 0) is 11.8 Å². The molecule has 0 saturated heterocycles. The molecular formula is C8H16O2. The molecule has 0 aliphatic carbocycles. The summed E-state index contributed by atoms with van der Waals surface area (Å²) < 4.78 is 0. The first-order valence-electron chi connectivity index (χ1n) is 3.79. The molecule has 0 aliphatic rings. The van der Waals surface area contributed by atoms with Gasteiger partial charge in [0.15, 0.2) is 0 Å². The fourth-order valence-electron chi connectivity index (χ4n) is 1.08. The Kier molecular flexibility index (Phi) is 4.08. The zero-order chi connectivity index (χ0) is 8.15. The van der Waals surface area contributed by atoms with Crippen molar-refractivity contribution >= 4 is 5.97 Å². The van der Waals surface area contributed by atoms with Gasteiger partial charge in [-0.1, -0.05) is 27.2 Å². The molecule has 0 bridgehead atoms. The number of aliphatic carboxylic acids is 1. The van der Waals surface area contributed by atoms with Crippen molar-refractivity contribution < 1.29 is 9.90 Å². The summed E-state index contributed by atoms with van der Waals surface area (Å²) in [6.45, 7) is 6.17. The summed E-state index contributed by atoms with van der Waals surface area (Å²) >= 11 is 0. The highest BCUT2D eigenvalue weighted by molar-refractivity contribution is 5.67. The van der Waals surface area contributed by atoms with E-state index >= 15 is 0 Å². The Morgan fingerprint density at radius 2 is 2.00 bits per heavy atom. The van der Waals surface area contributed by atoms with Crippen LogP contribution in [0.25, 0.3) is 0 Å². The lowest BCUT2D eigenvalue weighted by molar-refractivity contribution is -0.138. The van der Waals surface area contributed by atoms with Gasteiger partial charge in [0, 0.05) is 6.42 Å². The van der Waals surface area contributed by atoms with Crippen molar-refractivity contribution in [2.24, 2.45) is 11.8 Å². The predicted molar refractivity (Wildman–Crippen MR) is 40.9 cm³/mol. The first-order chi connectivity index (χ1) is 4.57. The smallest absolute Gasteiger partial charge is 0.303 e. The molecule has 0 unspecified atom stereocenters. The normalized spacial score (nSPS) is 13.6. The van der Waals surface area contributed by atoms with E-state index in [0.717, 1.165) is 6.42 Å². The fourth-order valence-corrected chi connectivity index (χ4v) is 1.08. The monoisotopic (exact) mass is 144 g/mol. The van der Waals surface area contributed by atoms with Crippen LogP contribution >= 0.6 is 0 Å². The Morgan fingerprint density at radius 3 is 2.10 bits per heavy atom. The van der Waals surface area contributed by atoms with E-state index in [2.05, 4.69) is 13.8 Å². The Balaban J connectivity index is 3.71. The van der Waals surface area contributed by atoms with Crippen LogP contribution in [0.2, 0.25) is 0 Å². The number of rotatable bonds is 4. The summed E-state index contributed by atoms with van der Waals surface area (Å²) in [7, 11) is 0. The van der Waals surface area contributed by atoms with Crippen LogP contribution in [0, 0.1) is 11.8 Å². The topological polar surface area (TPSA) is 37.3 Å². The third kappa shape index (κ3) is 3.49. The van der Waals surface area contributed by atoms with E-state index in [1.165, 1.54) is 0 Å². The largest absolute Gasteiger partial charge is 0.481 e. The number of hydrogen-bond acceptors (Lipinski definition) is 1. The number of carboxylic acids is 1. The van der Waals surface area contributed by atoms with E-state index in [1.807, 2.05) is 6.92 Å². The van der Waals surface area contributed by atoms with Crippen molar-refractivity contribution in [2.75, 3.05) is 0 Å². The van der Waals surface area contributed by atoms with Crippen LogP contribution < -0.4 is 0 Å². The summed E-state index contributed by atoms with van der Waals surface area (Å²) in [6.07, 6.45) is 1.28. The Morgan fingerprint density at radius 1 is 1.50 bits per heavy atom. The van der Waals surface area contributed by atoms with Crippen molar-refractivity contribution in [3.63, 3.8) is 0 Å². The second kappa shape index (κ2) is 4.31. The van der Waals surface area contributed by atoms with Crippen molar-refractivity contribution in [2.45, 2.75) is 33.6 Å². The Hall–Kier alpha value is -0.530. The van der Waals surface area contributed by atoms with Gasteiger partial charge >= 0.3 is 5.97 Å². The maximum atomic E-state index is 10.3. The van der Waals surface area contributed by atoms with Crippen LogP contribution in [-0.2, 0) is 4.79 Å². The number of carbonyl (C=O) groups is 1. The molecule has 1 atom stereocenters. The average Bonchev–Trinajstić information content (AvgIpc) is 1.81. The number of hydrogen-bond donors (Lipinski definition) is 1. The van der Waals surface area contributed by atoms with Crippen LogP contribution in [0.5, 0.6) is 0 Å². The van der Waals surface area contributed by atoms with Gasteiger partial charge in [0.2, 0.25) is 0 Å². The SMILES string of the molecule is CC[C@H](CC(=O)O)C(C)C. The van der Waals surface area contributed by atoms with Gasteiger partial charge in [-0.2, -0.15) is 0 Å². The molecule has 0 heterocycles. The molecule has 0 amide bonds. The summed E-state index contributed by atoms with van der Waals surface area (Å²) in [5.74, 6) is 0.152. The van der Waals surface area contributed by atoms with Crippen molar-refractivity contribution in [3.05, 3.63) is 0 Å². The molecule has 0 aromatic carbocycles. The van der Waals surface area contributed by atoms with Crippen LogP contribution in [0.4, 0.5) is 0 Å². The van der Waals surface area contributed by atoms with Gasteiger partial charge in [0.05, 0.1) is 0 Å². The quantitative estimate of drug-likeness (QED) is 0.656. The first-order valence-corrected chi connectivity index (χ1v) is 3.79. The standard InChI is InChI=1S/C8H16O2/c1-4-7(6(2)3)5-8(9)10/h6-7H,4-5H2,1-3H3,(H,9,10)/t7-/m1/s1. The minimum absolute atomic E-state index is 0.314. The van der Waals surface area contributed by atoms with Crippen LogP contribution in [-0.4, -0.2) is 11.1 Å². The number of carboxylic acid groups (broad SMARTS) is 1. The maximum absolute atomic E-state index is 10.3. The van der Waals surface area contributed by atoms with E-state index in [-0.39, 0.29) is 0 Å². The molecule has 60 valence electrons. The van der Waals surface area contributed by atoms with Gasteiger partial charge in [-0.3, -0.25) is 4.79 Å². The molecule has 1 N–H and O–H groups in total. The molecule has 0 aromatic heterocycles. The lowest BCUT2D eigenvalue weighted by atomic mass is 9.90. The summed E-state index contributed by atoms with van der Waals surface area (Å²) in [6, 6.07) is 0. The molecule has 0 radical (unpaired) electrons. The van der Waals surface area contributed by atoms with Crippen molar-refractivity contribution in [1.82, 2.24) is 0 Å². The first kappa shape index (κ1) is 9.47. The predicted octanol–water partition coefficient (Wildman–Crippen LogP) is 2.14. The van der Waals surface area contributed by atoms with Crippen LogP contribution in [0.15, 0.2) is 0 Å². The molecule has 0 rings (SSSR count). The third-order valence-electron chi connectivity index (χ3n) is 1.90. The van der Waals surface area contributed by atoms with E-state index in [9.17, 15) is 4.79 Å². The molecule has 2 heteroatoms.